The van der Waals surface area contributed by atoms with E-state index < -0.39 is 0 Å². The maximum Gasteiger partial charge on any atom is 0.163 e. The summed E-state index contributed by atoms with van der Waals surface area (Å²) in [6.45, 7) is 12.5. The molecule has 21 heavy (non-hydrogen) atoms. The summed E-state index contributed by atoms with van der Waals surface area (Å²) < 4.78 is 5.72. The Morgan fingerprint density at radius 2 is 2.05 bits per heavy atom. The molecule has 0 spiro atoms. The Kier molecular flexibility index (Phi) is 4.57. The van der Waals surface area contributed by atoms with Gasteiger partial charge in [0.05, 0.1) is 6.10 Å². The molecule has 2 aliphatic rings. The third-order valence-electron chi connectivity index (χ3n) is 5.57. The lowest BCUT2D eigenvalue weighted by molar-refractivity contribution is -0.123. The second-order valence-corrected chi connectivity index (χ2v) is 7.02. The van der Waals surface area contributed by atoms with Gasteiger partial charge in [-0.25, -0.2) is 0 Å². The Balaban J connectivity index is 2.62. The van der Waals surface area contributed by atoms with Crippen molar-refractivity contribution in [3.05, 3.63) is 34.9 Å². The van der Waals surface area contributed by atoms with E-state index in [9.17, 15) is 4.79 Å². The van der Waals surface area contributed by atoms with E-state index in [4.69, 9.17) is 4.74 Å². The number of methoxy groups -OCH3 is 1. The fourth-order valence-corrected chi connectivity index (χ4v) is 4.13. The van der Waals surface area contributed by atoms with Crippen molar-refractivity contribution in [2.24, 2.45) is 11.3 Å². The van der Waals surface area contributed by atoms with Gasteiger partial charge in [0, 0.05) is 18.6 Å². The summed E-state index contributed by atoms with van der Waals surface area (Å²) in [5, 5.41) is 0. The van der Waals surface area contributed by atoms with E-state index in [1.807, 2.05) is 6.08 Å². The SMILES string of the molecule is C=CC/C1=C(\C)[C@@H](OC)CC2=C(C)CC[C@@H](C1=O)C2(C)C. The Morgan fingerprint density at radius 1 is 1.38 bits per heavy atom. The normalized spacial score (nSPS) is 32.7. The molecule has 2 bridgehead atoms. The van der Waals surface area contributed by atoms with Crippen molar-refractivity contribution >= 4 is 5.78 Å². The van der Waals surface area contributed by atoms with E-state index in [1.54, 1.807) is 7.11 Å². The molecule has 0 aromatic carbocycles. The summed E-state index contributed by atoms with van der Waals surface area (Å²) in [5.74, 6) is 0.406. The molecular weight excluding hydrogens is 260 g/mol. The van der Waals surface area contributed by atoms with Gasteiger partial charge in [-0.3, -0.25) is 4.79 Å². The summed E-state index contributed by atoms with van der Waals surface area (Å²) in [4.78, 5) is 13.1. The van der Waals surface area contributed by atoms with E-state index in [0.717, 1.165) is 30.4 Å². The highest BCUT2D eigenvalue weighted by Crippen LogP contribution is 2.50. The van der Waals surface area contributed by atoms with Crippen molar-refractivity contribution in [2.75, 3.05) is 7.11 Å². The van der Waals surface area contributed by atoms with Crippen LogP contribution >= 0.6 is 0 Å². The van der Waals surface area contributed by atoms with Crippen LogP contribution in [0.4, 0.5) is 0 Å². The molecule has 0 aromatic heterocycles. The minimum atomic E-state index is -0.0662. The maximum atomic E-state index is 13.1. The zero-order chi connectivity index (χ0) is 15.8. The van der Waals surface area contributed by atoms with Gasteiger partial charge >= 0.3 is 0 Å². The van der Waals surface area contributed by atoms with Crippen LogP contribution in [0.15, 0.2) is 34.9 Å². The predicted molar refractivity (Wildman–Crippen MR) is 87.1 cm³/mol. The quantitative estimate of drug-likeness (QED) is 0.708. The largest absolute Gasteiger partial charge is 0.377 e. The van der Waals surface area contributed by atoms with Crippen LogP contribution in [0.2, 0.25) is 0 Å². The highest BCUT2D eigenvalue weighted by atomic mass is 16.5. The molecule has 0 aliphatic heterocycles. The number of carbonyl (C=O) groups is 1. The molecule has 0 fully saturated rings. The Bertz CT molecular complexity index is 520. The van der Waals surface area contributed by atoms with Crippen LogP contribution in [0.25, 0.3) is 0 Å². The van der Waals surface area contributed by atoms with Gasteiger partial charge in [-0.2, -0.15) is 0 Å². The van der Waals surface area contributed by atoms with E-state index in [0.29, 0.717) is 12.2 Å². The molecule has 0 saturated carbocycles. The summed E-state index contributed by atoms with van der Waals surface area (Å²) in [7, 11) is 1.75. The van der Waals surface area contributed by atoms with Gasteiger partial charge in [0.2, 0.25) is 0 Å². The van der Waals surface area contributed by atoms with Gasteiger partial charge in [-0.1, -0.05) is 31.1 Å². The molecule has 2 heteroatoms. The number of allylic oxidation sites excluding steroid dienone is 3. The molecule has 0 unspecified atom stereocenters. The number of fused-ring (bicyclic) bond motifs is 2. The van der Waals surface area contributed by atoms with E-state index >= 15 is 0 Å². The van der Waals surface area contributed by atoms with E-state index in [-0.39, 0.29) is 17.4 Å². The lowest BCUT2D eigenvalue weighted by Crippen LogP contribution is -2.40. The highest BCUT2D eigenvalue weighted by molar-refractivity contribution is 5.99. The minimum Gasteiger partial charge on any atom is -0.377 e. The van der Waals surface area contributed by atoms with E-state index in [1.165, 1.54) is 11.1 Å². The first-order valence-corrected chi connectivity index (χ1v) is 7.91. The number of ketones is 1. The van der Waals surface area contributed by atoms with Crippen LogP contribution in [0.5, 0.6) is 0 Å². The predicted octanol–water partition coefficient (Wildman–Crippen LogP) is 4.62. The van der Waals surface area contributed by atoms with Crippen molar-refractivity contribution < 1.29 is 9.53 Å². The zero-order valence-electron chi connectivity index (χ0n) is 14.1. The van der Waals surface area contributed by atoms with E-state index in [2.05, 4.69) is 34.3 Å². The summed E-state index contributed by atoms with van der Waals surface area (Å²) in [6, 6.07) is 0. The standard InChI is InChI=1S/C19H28O2/c1-7-8-14-13(3)17(21-6)11-16-12(2)9-10-15(18(14)20)19(16,4)5/h7,15,17H,1,8-11H2,2-6H3/b14-13-/t15-,17-/m0/s1. The van der Waals surface area contributed by atoms with Gasteiger partial charge in [0.15, 0.2) is 5.78 Å². The molecule has 0 heterocycles. The van der Waals surface area contributed by atoms with Crippen molar-refractivity contribution in [1.29, 1.82) is 0 Å². The topological polar surface area (TPSA) is 26.3 Å². The van der Waals surface area contributed by atoms with Crippen molar-refractivity contribution in [3.63, 3.8) is 0 Å². The van der Waals surface area contributed by atoms with Gasteiger partial charge in [0.1, 0.15) is 0 Å². The zero-order valence-corrected chi connectivity index (χ0v) is 14.1. The lowest BCUT2D eigenvalue weighted by Gasteiger charge is -2.44. The molecule has 0 radical (unpaired) electrons. The monoisotopic (exact) mass is 288 g/mol. The number of Topliss-reactive ketones (excluding diaryl/α,β-unsaturated/α-hetero) is 1. The van der Waals surface area contributed by atoms with Crippen molar-refractivity contribution in [1.82, 2.24) is 0 Å². The fourth-order valence-electron chi connectivity index (χ4n) is 4.13. The van der Waals surface area contributed by atoms with Crippen molar-refractivity contribution in [2.45, 2.75) is 59.5 Å². The highest BCUT2D eigenvalue weighted by Gasteiger charge is 2.44. The molecule has 2 rings (SSSR count). The molecule has 0 amide bonds. The second kappa shape index (κ2) is 5.92. The average Bonchev–Trinajstić information content (AvgIpc) is 2.42. The Hall–Kier alpha value is -1.15. The second-order valence-electron chi connectivity index (χ2n) is 7.02. The first kappa shape index (κ1) is 16.2. The summed E-state index contributed by atoms with van der Waals surface area (Å²) in [6.07, 6.45) is 5.40. The van der Waals surface area contributed by atoms with Gasteiger partial charge in [-0.05, 0) is 50.5 Å². The van der Waals surface area contributed by atoms with Crippen LogP contribution in [-0.2, 0) is 9.53 Å². The first-order chi connectivity index (χ1) is 9.84. The van der Waals surface area contributed by atoms with Crippen LogP contribution in [0.1, 0.15) is 53.4 Å². The third-order valence-corrected chi connectivity index (χ3v) is 5.57. The number of rotatable bonds is 3. The minimum absolute atomic E-state index is 0.00664. The fraction of sp³-hybridized carbons (Fsp3) is 0.632. The van der Waals surface area contributed by atoms with Crippen LogP contribution in [-0.4, -0.2) is 19.0 Å². The number of carbonyl (C=O) groups excluding carboxylic acids is 1. The Morgan fingerprint density at radius 3 is 2.62 bits per heavy atom. The number of hydrogen-bond donors (Lipinski definition) is 0. The van der Waals surface area contributed by atoms with Gasteiger partial charge in [-0.15, -0.1) is 6.58 Å². The summed E-state index contributed by atoms with van der Waals surface area (Å²) >= 11 is 0. The van der Waals surface area contributed by atoms with Crippen molar-refractivity contribution in [3.8, 4) is 0 Å². The molecule has 0 aromatic rings. The number of hydrogen-bond acceptors (Lipinski definition) is 2. The van der Waals surface area contributed by atoms with Gasteiger partial charge in [0.25, 0.3) is 0 Å². The van der Waals surface area contributed by atoms with Crippen LogP contribution in [0.3, 0.4) is 0 Å². The maximum absolute atomic E-state index is 13.1. The molecule has 2 aliphatic carbocycles. The third kappa shape index (κ3) is 2.66. The molecule has 116 valence electrons. The molecule has 0 N–H and O–H groups in total. The van der Waals surface area contributed by atoms with Crippen LogP contribution in [0, 0.1) is 11.3 Å². The number of ether oxygens (including phenoxy) is 1. The van der Waals surface area contributed by atoms with Gasteiger partial charge < -0.3 is 4.74 Å². The molecular formula is C19H28O2. The molecule has 2 atom stereocenters. The average molecular weight is 288 g/mol. The summed E-state index contributed by atoms with van der Waals surface area (Å²) in [5.41, 5.74) is 4.83. The molecule has 0 saturated heterocycles. The first-order valence-electron chi connectivity index (χ1n) is 7.91. The smallest absolute Gasteiger partial charge is 0.163 e. The lowest BCUT2D eigenvalue weighted by atomic mass is 9.60. The van der Waals surface area contributed by atoms with Crippen LogP contribution < -0.4 is 0 Å². The molecule has 2 nitrogen and oxygen atoms in total. The Labute approximate surface area is 129 Å².